The maximum Gasteiger partial charge on any atom is 0.337 e. The van der Waals surface area contributed by atoms with Crippen molar-refractivity contribution in [2.24, 2.45) is 0 Å². The highest BCUT2D eigenvalue weighted by molar-refractivity contribution is 6.35. The van der Waals surface area contributed by atoms with E-state index in [4.69, 9.17) is 26.2 Å². The summed E-state index contributed by atoms with van der Waals surface area (Å²) in [5, 5.41) is 9.11. The molecule has 1 aromatic rings. The molecule has 0 spiro atoms. The minimum atomic E-state index is -1.06. The molecule has 94 valence electrons. The van der Waals surface area contributed by atoms with Crippen LogP contribution >= 0.6 is 11.6 Å². The number of hydrogen-bond donors (Lipinski definition) is 1. The van der Waals surface area contributed by atoms with Crippen molar-refractivity contribution in [3.05, 3.63) is 28.3 Å². The molecule has 0 radical (unpaired) electrons. The number of hydrogen-bond acceptors (Lipinski definition) is 3. The second kappa shape index (κ2) is 6.47. The van der Waals surface area contributed by atoms with E-state index in [9.17, 15) is 4.79 Å². The molecule has 0 aromatic heterocycles. The van der Waals surface area contributed by atoms with Crippen molar-refractivity contribution in [3.8, 4) is 5.75 Å². The quantitative estimate of drug-likeness (QED) is 0.797. The summed E-state index contributed by atoms with van der Waals surface area (Å²) in [4.78, 5) is 10.9. The molecule has 0 atom stereocenters. The monoisotopic (exact) mass is 258 g/mol. The predicted octanol–water partition coefficient (Wildman–Crippen LogP) is 2.63. The fourth-order valence-electron chi connectivity index (χ4n) is 1.42. The van der Waals surface area contributed by atoms with E-state index in [0.29, 0.717) is 19.0 Å². The maximum atomic E-state index is 10.9. The maximum absolute atomic E-state index is 10.9. The minimum absolute atomic E-state index is 0.0521. The Morgan fingerprint density at radius 1 is 1.41 bits per heavy atom. The SMILES string of the molecule is CCc1ccc(C(=O)O)c(Cl)c1OCCOC. The van der Waals surface area contributed by atoms with Crippen LogP contribution in [-0.4, -0.2) is 31.4 Å². The molecular formula is C12H15ClO4. The van der Waals surface area contributed by atoms with Crippen LogP contribution in [0.2, 0.25) is 5.02 Å². The average Bonchev–Trinajstić information content (AvgIpc) is 2.30. The highest BCUT2D eigenvalue weighted by Gasteiger charge is 2.16. The summed E-state index contributed by atoms with van der Waals surface area (Å²) in [6.07, 6.45) is 0.724. The molecule has 0 aliphatic rings. The van der Waals surface area contributed by atoms with E-state index in [1.165, 1.54) is 6.07 Å². The van der Waals surface area contributed by atoms with Crippen LogP contribution in [0, 0.1) is 0 Å². The van der Waals surface area contributed by atoms with Gasteiger partial charge >= 0.3 is 5.97 Å². The fourth-order valence-corrected chi connectivity index (χ4v) is 1.74. The number of carboxylic acids is 1. The van der Waals surface area contributed by atoms with Crippen molar-refractivity contribution >= 4 is 17.6 Å². The van der Waals surface area contributed by atoms with E-state index in [-0.39, 0.29) is 10.6 Å². The van der Waals surface area contributed by atoms with Crippen LogP contribution in [0.1, 0.15) is 22.8 Å². The summed E-state index contributed by atoms with van der Waals surface area (Å²) in [5.41, 5.74) is 0.937. The molecule has 1 aromatic carbocycles. The molecular weight excluding hydrogens is 244 g/mol. The molecule has 5 heteroatoms. The van der Waals surface area contributed by atoms with E-state index in [1.54, 1.807) is 13.2 Å². The van der Waals surface area contributed by atoms with Crippen LogP contribution in [0.15, 0.2) is 12.1 Å². The highest BCUT2D eigenvalue weighted by Crippen LogP contribution is 2.32. The van der Waals surface area contributed by atoms with E-state index < -0.39 is 5.97 Å². The van der Waals surface area contributed by atoms with E-state index >= 15 is 0 Å². The van der Waals surface area contributed by atoms with Crippen LogP contribution in [0.4, 0.5) is 0 Å². The second-order valence-electron chi connectivity index (χ2n) is 3.42. The van der Waals surface area contributed by atoms with E-state index in [0.717, 1.165) is 12.0 Å². The molecule has 0 saturated heterocycles. The van der Waals surface area contributed by atoms with Gasteiger partial charge in [-0.15, -0.1) is 0 Å². The van der Waals surface area contributed by atoms with Gasteiger partial charge in [-0.1, -0.05) is 24.6 Å². The van der Waals surface area contributed by atoms with Crippen molar-refractivity contribution in [2.45, 2.75) is 13.3 Å². The van der Waals surface area contributed by atoms with E-state index in [1.807, 2.05) is 6.92 Å². The molecule has 17 heavy (non-hydrogen) atoms. The van der Waals surface area contributed by atoms with Crippen molar-refractivity contribution in [2.75, 3.05) is 20.3 Å². The van der Waals surface area contributed by atoms with Crippen LogP contribution in [0.3, 0.4) is 0 Å². The highest BCUT2D eigenvalue weighted by atomic mass is 35.5. The largest absolute Gasteiger partial charge is 0.489 e. The Bertz CT molecular complexity index is 404. The Morgan fingerprint density at radius 3 is 2.65 bits per heavy atom. The van der Waals surface area contributed by atoms with E-state index in [2.05, 4.69) is 0 Å². The number of methoxy groups -OCH3 is 1. The molecule has 0 unspecified atom stereocenters. The van der Waals surface area contributed by atoms with Crippen LogP contribution in [-0.2, 0) is 11.2 Å². The third kappa shape index (κ3) is 3.35. The van der Waals surface area contributed by atoms with Crippen molar-refractivity contribution in [1.29, 1.82) is 0 Å². The summed E-state index contributed by atoms with van der Waals surface area (Å²) in [6, 6.07) is 3.21. The molecule has 0 saturated carbocycles. The van der Waals surface area contributed by atoms with Gasteiger partial charge in [0.15, 0.2) is 0 Å². The first-order valence-corrected chi connectivity index (χ1v) is 5.66. The first-order valence-electron chi connectivity index (χ1n) is 5.28. The third-order valence-electron chi connectivity index (χ3n) is 2.32. The lowest BCUT2D eigenvalue weighted by atomic mass is 10.1. The lowest BCUT2D eigenvalue weighted by molar-refractivity contribution is 0.0696. The standard InChI is InChI=1S/C12H15ClO4/c1-3-8-4-5-9(12(14)15)10(13)11(8)17-7-6-16-2/h4-5H,3,6-7H2,1-2H3,(H,14,15). The van der Waals surface area contributed by atoms with Gasteiger partial charge in [-0.25, -0.2) is 4.79 Å². The second-order valence-corrected chi connectivity index (χ2v) is 3.79. The number of rotatable bonds is 6. The zero-order valence-electron chi connectivity index (χ0n) is 9.83. The van der Waals surface area contributed by atoms with Crippen molar-refractivity contribution < 1.29 is 19.4 Å². The zero-order valence-corrected chi connectivity index (χ0v) is 10.6. The lowest BCUT2D eigenvalue weighted by Gasteiger charge is -2.13. The number of halogens is 1. The normalized spacial score (nSPS) is 10.3. The summed E-state index contributed by atoms with van der Waals surface area (Å²) in [6.45, 7) is 2.72. The van der Waals surface area contributed by atoms with Gasteiger partial charge in [0.25, 0.3) is 0 Å². The topological polar surface area (TPSA) is 55.8 Å². The van der Waals surface area contributed by atoms with Gasteiger partial charge in [0.05, 0.1) is 17.2 Å². The Labute approximate surface area is 105 Å². The molecule has 0 amide bonds. The average molecular weight is 259 g/mol. The molecule has 0 aliphatic heterocycles. The number of ether oxygens (including phenoxy) is 2. The molecule has 0 bridgehead atoms. The number of aromatic carboxylic acids is 1. The molecule has 1 rings (SSSR count). The Hall–Kier alpha value is -1.26. The number of aryl methyl sites for hydroxylation is 1. The smallest absolute Gasteiger partial charge is 0.337 e. The van der Waals surface area contributed by atoms with Crippen molar-refractivity contribution in [3.63, 3.8) is 0 Å². The summed E-state index contributed by atoms with van der Waals surface area (Å²) >= 11 is 6.02. The summed E-state index contributed by atoms with van der Waals surface area (Å²) in [5.74, 6) is -0.625. The van der Waals surface area contributed by atoms with Gasteiger partial charge in [0.1, 0.15) is 12.4 Å². The minimum Gasteiger partial charge on any atom is -0.489 e. The zero-order chi connectivity index (χ0) is 12.8. The van der Waals surface area contributed by atoms with Gasteiger partial charge in [-0.05, 0) is 18.1 Å². The summed E-state index contributed by atoms with van der Waals surface area (Å²) in [7, 11) is 1.57. The van der Waals surface area contributed by atoms with Crippen LogP contribution in [0.5, 0.6) is 5.75 Å². The van der Waals surface area contributed by atoms with Crippen LogP contribution in [0.25, 0.3) is 0 Å². The van der Waals surface area contributed by atoms with Crippen LogP contribution < -0.4 is 4.74 Å². The summed E-state index contributed by atoms with van der Waals surface area (Å²) < 4.78 is 10.3. The lowest BCUT2D eigenvalue weighted by Crippen LogP contribution is -2.08. The first kappa shape index (κ1) is 13.8. The molecule has 4 nitrogen and oxygen atoms in total. The van der Waals surface area contributed by atoms with Gasteiger partial charge < -0.3 is 14.6 Å². The van der Waals surface area contributed by atoms with Gasteiger partial charge in [0, 0.05) is 7.11 Å². The molecule has 0 heterocycles. The molecule has 1 N–H and O–H groups in total. The Kier molecular flexibility index (Phi) is 5.25. The number of benzene rings is 1. The molecule has 0 fully saturated rings. The number of carboxylic acid groups (broad SMARTS) is 1. The Balaban J connectivity index is 3.04. The number of carbonyl (C=O) groups is 1. The fraction of sp³-hybridized carbons (Fsp3) is 0.417. The predicted molar refractivity (Wildman–Crippen MR) is 65.2 cm³/mol. The molecule has 0 aliphatic carbocycles. The first-order chi connectivity index (χ1) is 8.11. The van der Waals surface area contributed by atoms with Crippen molar-refractivity contribution in [1.82, 2.24) is 0 Å². The van der Waals surface area contributed by atoms with Gasteiger partial charge in [-0.3, -0.25) is 0 Å². The van der Waals surface area contributed by atoms with Gasteiger partial charge in [-0.2, -0.15) is 0 Å². The van der Waals surface area contributed by atoms with Gasteiger partial charge in [0.2, 0.25) is 0 Å². The third-order valence-corrected chi connectivity index (χ3v) is 2.70. The Morgan fingerprint density at radius 2 is 2.12 bits per heavy atom.